The zero-order valence-electron chi connectivity index (χ0n) is 13.9. The fourth-order valence-electron chi connectivity index (χ4n) is 2.41. The highest BCUT2D eigenvalue weighted by atomic mass is 35.5. The molecule has 0 aliphatic carbocycles. The standard InChI is InChI=1S/C17H10Cl2F2N6O/c18-12-4-2-9(5-13(12)19)14-8-27(26-23-14)7-11-3-1-10(6-22-11)16-24-25-17(28-16)15(20)21/h1-6,8,15H,7H2. The molecule has 0 N–H and O–H groups in total. The summed E-state index contributed by atoms with van der Waals surface area (Å²) < 4.78 is 31.6. The summed E-state index contributed by atoms with van der Waals surface area (Å²) in [6.45, 7) is 0.362. The lowest BCUT2D eigenvalue weighted by atomic mass is 10.2. The Labute approximate surface area is 166 Å². The summed E-state index contributed by atoms with van der Waals surface area (Å²) in [5.41, 5.74) is 2.55. The van der Waals surface area contributed by atoms with E-state index in [-0.39, 0.29) is 5.89 Å². The molecule has 3 aromatic heterocycles. The van der Waals surface area contributed by atoms with E-state index >= 15 is 0 Å². The van der Waals surface area contributed by atoms with Crippen molar-refractivity contribution < 1.29 is 13.2 Å². The smallest absolute Gasteiger partial charge is 0.314 e. The highest BCUT2D eigenvalue weighted by molar-refractivity contribution is 6.42. The number of nitrogens with zero attached hydrogens (tertiary/aromatic N) is 6. The van der Waals surface area contributed by atoms with Crippen LogP contribution in [0.15, 0.2) is 47.1 Å². The number of rotatable bonds is 5. The normalized spacial score (nSPS) is 11.3. The van der Waals surface area contributed by atoms with Crippen molar-refractivity contribution in [1.82, 2.24) is 30.2 Å². The fourth-order valence-corrected chi connectivity index (χ4v) is 2.71. The number of pyridine rings is 1. The number of alkyl halides is 2. The maximum atomic E-state index is 12.5. The van der Waals surface area contributed by atoms with Gasteiger partial charge in [0.25, 0.3) is 5.89 Å². The van der Waals surface area contributed by atoms with E-state index in [0.717, 1.165) is 5.56 Å². The molecule has 0 atom stereocenters. The van der Waals surface area contributed by atoms with Gasteiger partial charge >= 0.3 is 6.43 Å². The summed E-state index contributed by atoms with van der Waals surface area (Å²) in [7, 11) is 0. The molecule has 0 bridgehead atoms. The number of benzene rings is 1. The Balaban J connectivity index is 1.49. The summed E-state index contributed by atoms with van der Waals surface area (Å²) in [5, 5.41) is 16.0. The van der Waals surface area contributed by atoms with Gasteiger partial charge in [0.1, 0.15) is 5.69 Å². The number of hydrogen-bond acceptors (Lipinski definition) is 6. The van der Waals surface area contributed by atoms with E-state index in [1.54, 1.807) is 41.2 Å². The van der Waals surface area contributed by atoms with Crippen molar-refractivity contribution >= 4 is 23.2 Å². The van der Waals surface area contributed by atoms with E-state index in [9.17, 15) is 8.78 Å². The Bertz CT molecular complexity index is 1110. The molecule has 4 aromatic rings. The lowest BCUT2D eigenvalue weighted by Crippen LogP contribution is -2.02. The largest absolute Gasteiger partial charge is 0.415 e. The zero-order chi connectivity index (χ0) is 19.7. The quantitative estimate of drug-likeness (QED) is 0.464. The minimum Gasteiger partial charge on any atom is -0.415 e. The molecule has 1 aromatic carbocycles. The van der Waals surface area contributed by atoms with E-state index in [1.165, 1.54) is 6.20 Å². The monoisotopic (exact) mass is 422 g/mol. The van der Waals surface area contributed by atoms with Crippen LogP contribution >= 0.6 is 23.2 Å². The molecule has 0 spiro atoms. The lowest BCUT2D eigenvalue weighted by molar-refractivity contribution is 0.116. The van der Waals surface area contributed by atoms with Gasteiger partial charge in [-0.25, -0.2) is 4.68 Å². The van der Waals surface area contributed by atoms with Crippen LogP contribution in [-0.4, -0.2) is 30.2 Å². The molecule has 3 heterocycles. The number of hydrogen-bond donors (Lipinski definition) is 0. The molecule has 28 heavy (non-hydrogen) atoms. The van der Waals surface area contributed by atoms with Crippen LogP contribution < -0.4 is 0 Å². The van der Waals surface area contributed by atoms with E-state index in [2.05, 4.69) is 25.5 Å². The van der Waals surface area contributed by atoms with Gasteiger partial charge in [-0.1, -0.05) is 34.5 Å². The molecule has 0 aliphatic heterocycles. The van der Waals surface area contributed by atoms with Crippen LogP contribution in [0.3, 0.4) is 0 Å². The Morgan fingerprint density at radius 3 is 2.50 bits per heavy atom. The second-order valence-electron chi connectivity index (χ2n) is 5.71. The third-order valence-electron chi connectivity index (χ3n) is 3.78. The van der Waals surface area contributed by atoms with Gasteiger partial charge in [-0.15, -0.1) is 15.3 Å². The first-order chi connectivity index (χ1) is 13.5. The molecule has 7 nitrogen and oxygen atoms in total. The molecule has 4 rings (SSSR count). The van der Waals surface area contributed by atoms with E-state index < -0.39 is 12.3 Å². The van der Waals surface area contributed by atoms with Crippen LogP contribution in [0, 0.1) is 0 Å². The van der Waals surface area contributed by atoms with E-state index in [4.69, 9.17) is 27.6 Å². The van der Waals surface area contributed by atoms with Crippen LogP contribution in [0.4, 0.5) is 8.78 Å². The van der Waals surface area contributed by atoms with Crippen LogP contribution in [0.2, 0.25) is 10.0 Å². The van der Waals surface area contributed by atoms with Crippen LogP contribution in [0.5, 0.6) is 0 Å². The van der Waals surface area contributed by atoms with Gasteiger partial charge in [0.2, 0.25) is 5.89 Å². The minimum atomic E-state index is -2.81. The molecule has 142 valence electrons. The highest BCUT2D eigenvalue weighted by Crippen LogP contribution is 2.27. The topological polar surface area (TPSA) is 82.5 Å². The van der Waals surface area contributed by atoms with Gasteiger partial charge in [-0.05, 0) is 24.3 Å². The summed E-state index contributed by atoms with van der Waals surface area (Å²) >= 11 is 11.9. The Kier molecular flexibility index (Phi) is 5.01. The van der Waals surface area contributed by atoms with E-state index in [0.29, 0.717) is 33.5 Å². The first-order valence-electron chi connectivity index (χ1n) is 7.92. The van der Waals surface area contributed by atoms with Gasteiger partial charge in [0.15, 0.2) is 0 Å². The first kappa shape index (κ1) is 18.5. The second-order valence-corrected chi connectivity index (χ2v) is 6.53. The summed E-state index contributed by atoms with van der Waals surface area (Å²) in [6, 6.07) is 8.57. The lowest BCUT2D eigenvalue weighted by Gasteiger charge is -2.01. The van der Waals surface area contributed by atoms with Crippen LogP contribution in [0.1, 0.15) is 18.0 Å². The average Bonchev–Trinajstić information content (AvgIpc) is 3.35. The van der Waals surface area contributed by atoms with Gasteiger partial charge < -0.3 is 4.42 Å². The van der Waals surface area contributed by atoms with Crippen molar-refractivity contribution in [2.75, 3.05) is 0 Å². The molecule has 0 saturated carbocycles. The summed E-state index contributed by atoms with van der Waals surface area (Å²) in [6.07, 6.45) is 0.405. The fraction of sp³-hybridized carbons (Fsp3) is 0.118. The molecule has 0 radical (unpaired) electrons. The third kappa shape index (κ3) is 3.85. The molecule has 0 fully saturated rings. The van der Waals surface area contributed by atoms with E-state index in [1.807, 2.05) is 0 Å². The SMILES string of the molecule is FC(F)c1nnc(-c2ccc(Cn3cc(-c4ccc(Cl)c(Cl)c4)nn3)nc2)o1. The highest BCUT2D eigenvalue weighted by Gasteiger charge is 2.17. The average molecular weight is 423 g/mol. The van der Waals surface area contributed by atoms with Gasteiger partial charge in [0.05, 0.1) is 34.0 Å². The predicted molar refractivity (Wildman–Crippen MR) is 97.1 cm³/mol. The summed E-state index contributed by atoms with van der Waals surface area (Å²) in [5.74, 6) is -0.742. The molecule has 0 saturated heterocycles. The van der Waals surface area contributed by atoms with Gasteiger partial charge in [-0.3, -0.25) is 4.98 Å². The maximum absolute atomic E-state index is 12.5. The van der Waals surface area contributed by atoms with Crippen molar-refractivity contribution in [3.63, 3.8) is 0 Å². The molecule has 0 amide bonds. The molecular formula is C17H10Cl2F2N6O. The maximum Gasteiger partial charge on any atom is 0.314 e. The Morgan fingerprint density at radius 2 is 1.82 bits per heavy atom. The Morgan fingerprint density at radius 1 is 1.00 bits per heavy atom. The van der Waals surface area contributed by atoms with Crippen molar-refractivity contribution in [3.8, 4) is 22.7 Å². The molecule has 0 unspecified atom stereocenters. The number of aromatic nitrogens is 6. The summed E-state index contributed by atoms with van der Waals surface area (Å²) in [4.78, 5) is 4.27. The van der Waals surface area contributed by atoms with Crippen molar-refractivity contribution in [1.29, 1.82) is 0 Å². The minimum absolute atomic E-state index is 0.0167. The van der Waals surface area contributed by atoms with Gasteiger partial charge in [-0.2, -0.15) is 8.78 Å². The Hall–Kier alpha value is -2.91. The third-order valence-corrected chi connectivity index (χ3v) is 4.52. The number of halogens is 4. The molecular weight excluding hydrogens is 413 g/mol. The van der Waals surface area contributed by atoms with Crippen LogP contribution in [0.25, 0.3) is 22.7 Å². The molecule has 0 aliphatic rings. The van der Waals surface area contributed by atoms with Crippen molar-refractivity contribution in [3.05, 3.63) is 64.4 Å². The first-order valence-corrected chi connectivity index (χ1v) is 8.67. The zero-order valence-corrected chi connectivity index (χ0v) is 15.4. The van der Waals surface area contributed by atoms with Crippen LogP contribution in [-0.2, 0) is 6.54 Å². The second kappa shape index (κ2) is 7.61. The van der Waals surface area contributed by atoms with Crippen molar-refractivity contribution in [2.24, 2.45) is 0 Å². The van der Waals surface area contributed by atoms with Crippen molar-refractivity contribution in [2.45, 2.75) is 13.0 Å². The predicted octanol–water partition coefficient (Wildman–Crippen LogP) is 4.68. The molecule has 11 heteroatoms. The van der Waals surface area contributed by atoms with Gasteiger partial charge in [0, 0.05) is 11.8 Å².